The minimum atomic E-state index is 0.0841. The molecular formula is C20H28BrNO. The van der Waals surface area contributed by atoms with Crippen molar-refractivity contribution in [2.45, 2.75) is 66.8 Å². The molecule has 3 heteroatoms. The van der Waals surface area contributed by atoms with Crippen molar-refractivity contribution >= 4 is 21.8 Å². The highest BCUT2D eigenvalue weighted by Crippen LogP contribution is 2.65. The van der Waals surface area contributed by atoms with Crippen LogP contribution in [0.25, 0.3) is 0 Å². The second kappa shape index (κ2) is 5.34. The van der Waals surface area contributed by atoms with Crippen molar-refractivity contribution in [1.29, 1.82) is 0 Å². The first-order valence-electron chi connectivity index (χ1n) is 8.66. The van der Waals surface area contributed by atoms with Gasteiger partial charge in [-0.15, -0.1) is 0 Å². The van der Waals surface area contributed by atoms with Gasteiger partial charge in [0.05, 0.1) is 0 Å². The number of carbonyl (C=O) groups excluding carboxylic acids is 1. The molecule has 0 radical (unpaired) electrons. The van der Waals surface area contributed by atoms with E-state index in [1.807, 2.05) is 6.07 Å². The van der Waals surface area contributed by atoms with Gasteiger partial charge in [-0.1, -0.05) is 36.7 Å². The molecule has 0 aromatic heterocycles. The van der Waals surface area contributed by atoms with Crippen molar-refractivity contribution in [2.24, 2.45) is 16.7 Å². The summed E-state index contributed by atoms with van der Waals surface area (Å²) in [5, 5.41) is 3.38. The fourth-order valence-corrected chi connectivity index (χ4v) is 5.43. The van der Waals surface area contributed by atoms with E-state index in [4.69, 9.17) is 0 Å². The van der Waals surface area contributed by atoms with Crippen molar-refractivity contribution in [3.05, 3.63) is 32.8 Å². The topological polar surface area (TPSA) is 29.1 Å². The molecule has 1 aromatic rings. The third kappa shape index (κ3) is 2.30. The number of hydrogen-bond acceptors (Lipinski definition) is 1. The van der Waals surface area contributed by atoms with Gasteiger partial charge < -0.3 is 5.32 Å². The van der Waals surface area contributed by atoms with Crippen LogP contribution in [0.5, 0.6) is 0 Å². The van der Waals surface area contributed by atoms with E-state index < -0.39 is 0 Å². The molecule has 23 heavy (non-hydrogen) atoms. The molecule has 126 valence electrons. The van der Waals surface area contributed by atoms with Crippen molar-refractivity contribution in [2.75, 3.05) is 0 Å². The minimum Gasteiger partial charge on any atom is -0.349 e. The van der Waals surface area contributed by atoms with Crippen molar-refractivity contribution in [1.82, 2.24) is 5.32 Å². The van der Waals surface area contributed by atoms with Crippen molar-refractivity contribution in [3.63, 3.8) is 0 Å². The van der Waals surface area contributed by atoms with E-state index in [-0.39, 0.29) is 11.3 Å². The summed E-state index contributed by atoms with van der Waals surface area (Å²) in [5.74, 6) is 0.825. The molecule has 0 aliphatic heterocycles. The van der Waals surface area contributed by atoms with Crippen LogP contribution in [0.3, 0.4) is 0 Å². The van der Waals surface area contributed by atoms with Gasteiger partial charge in [-0.05, 0) is 79.5 Å². The summed E-state index contributed by atoms with van der Waals surface area (Å²) in [4.78, 5) is 12.9. The third-order valence-corrected chi connectivity index (χ3v) is 8.33. The number of fused-ring (bicyclic) bond motifs is 2. The summed E-state index contributed by atoms with van der Waals surface area (Å²) < 4.78 is 1.02. The number of amides is 1. The van der Waals surface area contributed by atoms with E-state index >= 15 is 0 Å². The Morgan fingerprint density at radius 1 is 1.17 bits per heavy atom. The molecule has 0 heterocycles. The van der Waals surface area contributed by atoms with E-state index in [9.17, 15) is 4.79 Å². The average molecular weight is 378 g/mol. The Hall–Kier alpha value is -0.830. The fraction of sp³-hybridized carbons (Fsp3) is 0.650. The maximum absolute atomic E-state index is 12.9. The number of hydrogen-bond donors (Lipinski definition) is 1. The quantitative estimate of drug-likeness (QED) is 0.742. The van der Waals surface area contributed by atoms with Crippen LogP contribution in [0, 0.1) is 37.5 Å². The molecule has 2 saturated carbocycles. The highest BCUT2D eigenvalue weighted by atomic mass is 79.9. The monoisotopic (exact) mass is 377 g/mol. The van der Waals surface area contributed by atoms with E-state index in [2.05, 4.69) is 62.8 Å². The van der Waals surface area contributed by atoms with E-state index in [0.29, 0.717) is 11.5 Å². The van der Waals surface area contributed by atoms with Gasteiger partial charge in [0.15, 0.2) is 0 Å². The molecular weight excluding hydrogens is 350 g/mol. The van der Waals surface area contributed by atoms with Crippen LogP contribution in [0.15, 0.2) is 10.5 Å². The van der Waals surface area contributed by atoms with Gasteiger partial charge in [0.25, 0.3) is 5.91 Å². The Balaban J connectivity index is 1.87. The smallest absolute Gasteiger partial charge is 0.251 e. The van der Waals surface area contributed by atoms with Gasteiger partial charge in [-0.3, -0.25) is 4.79 Å². The SMILES string of the molecule is Cc1c(Br)cc(C(=O)N[C@H]2C[C@@H]3CC[C@]2(C)C3(C)C)c(C)c1C. The number of rotatable bonds is 2. The zero-order valence-corrected chi connectivity index (χ0v) is 16.7. The summed E-state index contributed by atoms with van der Waals surface area (Å²) in [5.41, 5.74) is 4.86. The van der Waals surface area contributed by atoms with E-state index in [1.54, 1.807) is 0 Å². The van der Waals surface area contributed by atoms with Gasteiger partial charge >= 0.3 is 0 Å². The molecule has 2 aliphatic carbocycles. The number of halogens is 1. The Bertz CT molecular complexity index is 679. The lowest BCUT2D eigenvalue weighted by atomic mass is 9.69. The normalized spacial score (nSPS) is 31.4. The lowest BCUT2D eigenvalue weighted by Crippen LogP contribution is -2.47. The van der Waals surface area contributed by atoms with E-state index in [0.717, 1.165) is 27.9 Å². The minimum absolute atomic E-state index is 0.0841. The zero-order valence-electron chi connectivity index (χ0n) is 15.1. The van der Waals surface area contributed by atoms with Crippen LogP contribution in [0.1, 0.15) is 67.1 Å². The lowest BCUT2D eigenvalue weighted by molar-refractivity contribution is 0.0825. The summed E-state index contributed by atoms with van der Waals surface area (Å²) in [6.45, 7) is 13.4. The van der Waals surface area contributed by atoms with Gasteiger partial charge in [0, 0.05) is 16.1 Å². The lowest BCUT2D eigenvalue weighted by Gasteiger charge is -2.39. The first-order valence-corrected chi connectivity index (χ1v) is 9.46. The van der Waals surface area contributed by atoms with Crippen molar-refractivity contribution < 1.29 is 4.79 Å². The number of benzene rings is 1. The van der Waals surface area contributed by atoms with Crippen LogP contribution in [0.4, 0.5) is 0 Å². The molecule has 0 saturated heterocycles. The molecule has 1 aromatic carbocycles. The van der Waals surface area contributed by atoms with Crippen LogP contribution < -0.4 is 5.32 Å². The average Bonchev–Trinajstić information content (AvgIpc) is 2.82. The number of carbonyl (C=O) groups is 1. The van der Waals surface area contributed by atoms with Crippen LogP contribution in [-0.2, 0) is 0 Å². The van der Waals surface area contributed by atoms with Crippen molar-refractivity contribution in [3.8, 4) is 0 Å². The Morgan fingerprint density at radius 2 is 1.83 bits per heavy atom. The first-order chi connectivity index (χ1) is 10.6. The Labute approximate surface area is 148 Å². The highest BCUT2D eigenvalue weighted by Gasteiger charge is 2.61. The van der Waals surface area contributed by atoms with Gasteiger partial charge in [-0.25, -0.2) is 0 Å². The first kappa shape index (κ1) is 17.0. The van der Waals surface area contributed by atoms with E-state index in [1.165, 1.54) is 24.0 Å². The molecule has 3 rings (SSSR count). The molecule has 0 spiro atoms. The van der Waals surface area contributed by atoms with Gasteiger partial charge in [0.2, 0.25) is 0 Å². The third-order valence-electron chi connectivity index (χ3n) is 7.50. The summed E-state index contributed by atoms with van der Waals surface area (Å²) in [6, 6.07) is 2.27. The molecule has 2 nitrogen and oxygen atoms in total. The fourth-order valence-electron chi connectivity index (χ4n) is 4.90. The maximum atomic E-state index is 12.9. The number of nitrogens with one attached hydrogen (secondary N) is 1. The maximum Gasteiger partial charge on any atom is 0.251 e. The molecule has 2 fully saturated rings. The molecule has 0 unspecified atom stereocenters. The predicted octanol–water partition coefficient (Wildman–Crippen LogP) is 5.32. The Morgan fingerprint density at radius 3 is 2.35 bits per heavy atom. The highest BCUT2D eigenvalue weighted by molar-refractivity contribution is 9.10. The second-order valence-electron chi connectivity index (χ2n) is 8.42. The summed E-state index contributed by atoms with van der Waals surface area (Å²) >= 11 is 3.59. The molecule has 1 amide bonds. The molecule has 3 atom stereocenters. The van der Waals surface area contributed by atoms with Gasteiger partial charge in [0.1, 0.15) is 0 Å². The largest absolute Gasteiger partial charge is 0.349 e. The standard InChI is InChI=1S/C20H28BrNO/c1-11-12(2)15(10-16(21)13(11)3)18(23)22-17-9-14-7-8-20(17,6)19(14,4)5/h10,14,17H,7-9H2,1-6H3,(H,22,23)/t14-,17-,20-/m0/s1. The molecule has 1 N–H and O–H groups in total. The zero-order chi connectivity index (χ0) is 17.2. The Kier molecular flexibility index (Phi) is 3.95. The summed E-state index contributed by atoms with van der Waals surface area (Å²) in [6.07, 6.45) is 3.66. The second-order valence-corrected chi connectivity index (χ2v) is 9.27. The summed E-state index contributed by atoms with van der Waals surface area (Å²) in [7, 11) is 0. The van der Waals surface area contributed by atoms with Crippen LogP contribution in [-0.4, -0.2) is 11.9 Å². The molecule has 2 aliphatic rings. The van der Waals surface area contributed by atoms with Gasteiger partial charge in [-0.2, -0.15) is 0 Å². The van der Waals surface area contributed by atoms with Crippen LogP contribution in [0.2, 0.25) is 0 Å². The molecule has 2 bridgehead atoms. The van der Waals surface area contributed by atoms with Crippen LogP contribution >= 0.6 is 15.9 Å². The predicted molar refractivity (Wildman–Crippen MR) is 98.8 cm³/mol.